The second kappa shape index (κ2) is 11.7. The smallest absolute Gasteiger partial charge is 0.490 e. The van der Waals surface area contributed by atoms with E-state index < -0.39 is 47.4 Å². The summed E-state index contributed by atoms with van der Waals surface area (Å²) in [5, 5.41) is 13.1. The second-order valence-corrected chi connectivity index (χ2v) is 8.65. The van der Waals surface area contributed by atoms with E-state index in [4.69, 9.17) is 19.4 Å². The number of urea groups is 1. The summed E-state index contributed by atoms with van der Waals surface area (Å²) in [4.78, 5) is 62.3. The molecular formula is C23H29F3N4O8. The molecule has 1 aromatic carbocycles. The average Bonchev–Trinajstić information content (AvgIpc) is 3.32. The zero-order valence-electron chi connectivity index (χ0n) is 21.3. The molecule has 0 bridgehead atoms. The highest BCUT2D eigenvalue weighted by Crippen LogP contribution is 2.44. The Bertz CT molecular complexity index is 1080. The number of likely N-dealkylation sites (N-methyl/N-ethyl adjacent to an activating group) is 1. The molecule has 0 aliphatic carbocycles. The summed E-state index contributed by atoms with van der Waals surface area (Å²) in [7, 11) is 5.81. The van der Waals surface area contributed by atoms with Gasteiger partial charge in [-0.1, -0.05) is 6.92 Å². The van der Waals surface area contributed by atoms with Gasteiger partial charge in [0, 0.05) is 32.4 Å². The van der Waals surface area contributed by atoms with Crippen LogP contribution >= 0.6 is 0 Å². The number of likely N-dealkylation sites (tertiary alicyclic amines) is 1. The molecular weight excluding hydrogens is 517 g/mol. The number of hydrogen-bond acceptors (Lipinski definition) is 8. The van der Waals surface area contributed by atoms with E-state index >= 15 is 0 Å². The van der Waals surface area contributed by atoms with Crippen LogP contribution in [0.5, 0.6) is 5.75 Å². The van der Waals surface area contributed by atoms with Crippen LogP contribution in [0.25, 0.3) is 0 Å². The molecule has 210 valence electrons. The maximum Gasteiger partial charge on any atom is 0.490 e. The number of hydrogen-bond donors (Lipinski definition) is 3. The molecule has 0 unspecified atom stereocenters. The van der Waals surface area contributed by atoms with Crippen molar-refractivity contribution in [3.8, 4) is 5.75 Å². The fourth-order valence-electron chi connectivity index (χ4n) is 4.53. The lowest BCUT2D eigenvalue weighted by molar-refractivity contribution is -0.192. The topological polar surface area (TPSA) is 155 Å². The first-order valence-electron chi connectivity index (χ1n) is 11.3. The van der Waals surface area contributed by atoms with E-state index in [0.29, 0.717) is 11.4 Å². The van der Waals surface area contributed by atoms with Crippen LogP contribution in [0.2, 0.25) is 0 Å². The predicted molar refractivity (Wildman–Crippen MR) is 125 cm³/mol. The Morgan fingerprint density at radius 1 is 1.16 bits per heavy atom. The van der Waals surface area contributed by atoms with E-state index in [2.05, 4.69) is 10.6 Å². The van der Waals surface area contributed by atoms with Gasteiger partial charge in [0.25, 0.3) is 0 Å². The van der Waals surface area contributed by atoms with Gasteiger partial charge in [-0.25, -0.2) is 9.59 Å². The molecule has 3 N–H and O–H groups in total. The number of fused-ring (bicyclic) bond motifs is 1. The molecule has 15 heteroatoms. The average molecular weight is 546 g/mol. The van der Waals surface area contributed by atoms with E-state index in [1.807, 2.05) is 0 Å². The number of alkyl halides is 3. The van der Waals surface area contributed by atoms with E-state index in [-0.39, 0.29) is 24.9 Å². The van der Waals surface area contributed by atoms with Crippen LogP contribution in [0.4, 0.5) is 23.7 Å². The van der Waals surface area contributed by atoms with Gasteiger partial charge in [-0.3, -0.25) is 24.6 Å². The van der Waals surface area contributed by atoms with Crippen molar-refractivity contribution in [3.63, 3.8) is 0 Å². The number of amides is 4. The minimum atomic E-state index is -5.08. The Morgan fingerprint density at radius 3 is 2.16 bits per heavy atom. The molecule has 2 saturated heterocycles. The lowest BCUT2D eigenvalue weighted by Crippen LogP contribution is -2.58. The fourth-order valence-corrected chi connectivity index (χ4v) is 4.53. The molecule has 4 atom stereocenters. The standard InChI is InChI=1S/C21H28N4O6.C2HF3O2/c1-6-21(19(28)31-5)16-15(17(26)25(3)18(16)27)14(23-21)11-24(2)20(29)22-12-7-9-13(30-4)10-8-12;3-2(4,5)1(6)7/h7-10,14-16,23H,6,11H2,1-5H3,(H,22,29);(H,6,7)/t14-,15+,16-,21-;/m1./s1. The van der Waals surface area contributed by atoms with Crippen molar-refractivity contribution in [2.24, 2.45) is 11.8 Å². The lowest BCUT2D eigenvalue weighted by Gasteiger charge is -2.31. The van der Waals surface area contributed by atoms with Gasteiger partial charge in [-0.05, 0) is 30.7 Å². The maximum atomic E-state index is 12.8. The summed E-state index contributed by atoms with van der Waals surface area (Å²) in [6, 6.07) is 5.90. The number of imide groups is 1. The molecule has 3 rings (SSSR count). The number of ether oxygens (including phenoxy) is 2. The molecule has 12 nitrogen and oxygen atoms in total. The van der Waals surface area contributed by atoms with Gasteiger partial charge >= 0.3 is 24.1 Å². The molecule has 0 radical (unpaired) electrons. The molecule has 2 aliphatic heterocycles. The van der Waals surface area contributed by atoms with Crippen molar-refractivity contribution in [3.05, 3.63) is 24.3 Å². The van der Waals surface area contributed by atoms with Gasteiger partial charge in [-0.15, -0.1) is 0 Å². The van der Waals surface area contributed by atoms with Gasteiger partial charge in [0.2, 0.25) is 11.8 Å². The largest absolute Gasteiger partial charge is 0.497 e. The summed E-state index contributed by atoms with van der Waals surface area (Å²) in [6.45, 7) is 1.88. The highest BCUT2D eigenvalue weighted by molar-refractivity contribution is 6.09. The molecule has 2 fully saturated rings. The Balaban J connectivity index is 0.000000638. The Morgan fingerprint density at radius 2 is 1.71 bits per heavy atom. The van der Waals surface area contributed by atoms with Crippen LogP contribution < -0.4 is 15.4 Å². The molecule has 2 aliphatic rings. The molecule has 0 aromatic heterocycles. The van der Waals surface area contributed by atoms with Gasteiger partial charge in [0.05, 0.1) is 26.1 Å². The number of carbonyl (C=O) groups is 5. The number of carboxylic acids is 1. The molecule has 4 amide bonds. The summed E-state index contributed by atoms with van der Waals surface area (Å²) >= 11 is 0. The number of anilines is 1. The highest BCUT2D eigenvalue weighted by Gasteiger charge is 2.67. The van der Waals surface area contributed by atoms with Crippen molar-refractivity contribution in [1.29, 1.82) is 0 Å². The van der Waals surface area contributed by atoms with Crippen molar-refractivity contribution in [2.75, 3.05) is 40.2 Å². The van der Waals surface area contributed by atoms with Gasteiger partial charge in [-0.2, -0.15) is 13.2 Å². The summed E-state index contributed by atoms with van der Waals surface area (Å²) in [5.41, 5.74) is -0.728. The summed E-state index contributed by atoms with van der Waals surface area (Å²) in [5.74, 6) is -5.09. The van der Waals surface area contributed by atoms with Crippen LogP contribution in [0.1, 0.15) is 13.3 Å². The van der Waals surface area contributed by atoms with Crippen molar-refractivity contribution in [1.82, 2.24) is 15.1 Å². The summed E-state index contributed by atoms with van der Waals surface area (Å²) in [6.07, 6.45) is -4.81. The predicted octanol–water partition coefficient (Wildman–Crippen LogP) is 1.32. The maximum absolute atomic E-state index is 12.8. The zero-order valence-corrected chi connectivity index (χ0v) is 21.3. The summed E-state index contributed by atoms with van der Waals surface area (Å²) < 4.78 is 41.8. The normalized spacial score (nSPS) is 24.2. The van der Waals surface area contributed by atoms with Crippen molar-refractivity contribution < 1.29 is 51.7 Å². The first-order valence-corrected chi connectivity index (χ1v) is 11.3. The van der Waals surface area contributed by atoms with Crippen LogP contribution in [0, 0.1) is 11.8 Å². The molecule has 0 saturated carbocycles. The Labute approximate surface area is 216 Å². The number of halogens is 3. The molecule has 0 spiro atoms. The van der Waals surface area contributed by atoms with Crippen molar-refractivity contribution >= 4 is 35.5 Å². The third kappa shape index (κ3) is 5.98. The number of rotatable bonds is 6. The Hall–Kier alpha value is -3.88. The quantitative estimate of drug-likeness (QED) is 0.354. The van der Waals surface area contributed by atoms with Crippen LogP contribution in [-0.4, -0.2) is 97.3 Å². The SMILES string of the molecule is CC[C@@]1(C(=O)OC)N[C@H](CN(C)C(=O)Nc2ccc(OC)cc2)[C@@H]2C(=O)N(C)C(=O)[C@@H]21.O=C(O)C(F)(F)F. The number of nitrogens with one attached hydrogen (secondary N) is 2. The zero-order chi connectivity index (χ0) is 29.0. The molecule has 2 heterocycles. The Kier molecular flexibility index (Phi) is 9.32. The van der Waals surface area contributed by atoms with E-state index in [1.54, 1.807) is 45.3 Å². The van der Waals surface area contributed by atoms with Gasteiger partial charge in [0.1, 0.15) is 11.3 Å². The number of methoxy groups -OCH3 is 2. The van der Waals surface area contributed by atoms with E-state index in [1.165, 1.54) is 19.1 Å². The van der Waals surface area contributed by atoms with E-state index in [0.717, 1.165) is 4.90 Å². The monoisotopic (exact) mass is 546 g/mol. The van der Waals surface area contributed by atoms with Gasteiger partial charge < -0.3 is 24.8 Å². The fraction of sp³-hybridized carbons (Fsp3) is 0.522. The van der Waals surface area contributed by atoms with Crippen molar-refractivity contribution in [2.45, 2.75) is 31.1 Å². The number of aliphatic carboxylic acids is 1. The number of esters is 1. The number of nitrogens with zero attached hydrogens (tertiary/aromatic N) is 2. The van der Waals surface area contributed by atoms with Crippen LogP contribution in [0.15, 0.2) is 24.3 Å². The minimum Gasteiger partial charge on any atom is -0.497 e. The lowest BCUT2D eigenvalue weighted by atomic mass is 9.78. The minimum absolute atomic E-state index is 0.120. The highest BCUT2D eigenvalue weighted by atomic mass is 19.4. The van der Waals surface area contributed by atoms with Crippen LogP contribution in [-0.2, 0) is 23.9 Å². The second-order valence-electron chi connectivity index (χ2n) is 8.65. The molecule has 1 aromatic rings. The molecule has 38 heavy (non-hydrogen) atoms. The van der Waals surface area contributed by atoms with Gasteiger partial charge in [0.15, 0.2) is 0 Å². The number of carbonyl (C=O) groups excluding carboxylic acids is 4. The number of benzene rings is 1. The van der Waals surface area contributed by atoms with E-state index in [9.17, 15) is 32.3 Å². The first-order chi connectivity index (χ1) is 17.6. The third-order valence-electron chi connectivity index (χ3n) is 6.49. The first kappa shape index (κ1) is 30.3. The van der Waals surface area contributed by atoms with Crippen LogP contribution in [0.3, 0.4) is 0 Å². The third-order valence-corrected chi connectivity index (χ3v) is 6.49. The number of carboxylic acid groups (broad SMARTS) is 1.